The molecule has 0 aromatic carbocycles. The number of hydrogen-bond acceptors (Lipinski definition) is 9. The van der Waals surface area contributed by atoms with Gasteiger partial charge in [0, 0.05) is 31.4 Å². The van der Waals surface area contributed by atoms with Crippen LogP contribution in [0, 0.1) is 5.92 Å². The van der Waals surface area contributed by atoms with Gasteiger partial charge in [0.2, 0.25) is 11.7 Å². The second-order valence-electron chi connectivity index (χ2n) is 7.97. The first kappa shape index (κ1) is 20.4. The highest BCUT2D eigenvalue weighted by atomic mass is 16.5. The minimum atomic E-state index is -0.604. The summed E-state index contributed by atoms with van der Waals surface area (Å²) < 4.78 is 6.60. The molecular weight excluding hydrogens is 412 g/mol. The number of imidazole rings is 1. The first-order chi connectivity index (χ1) is 15.6. The Labute approximate surface area is 184 Å². The summed E-state index contributed by atoms with van der Waals surface area (Å²) in [6.07, 6.45) is 7.27. The van der Waals surface area contributed by atoms with Gasteiger partial charge in [-0.25, -0.2) is 29.7 Å². The van der Waals surface area contributed by atoms with E-state index in [0.717, 1.165) is 32.4 Å². The molecule has 3 aromatic heterocycles. The Morgan fingerprint density at radius 1 is 1.19 bits per heavy atom. The quantitative estimate of drug-likeness (QED) is 0.567. The molecule has 0 spiro atoms. The van der Waals surface area contributed by atoms with Crippen LogP contribution in [-0.4, -0.2) is 67.6 Å². The summed E-state index contributed by atoms with van der Waals surface area (Å²) in [5.41, 5.74) is 1.84. The molecule has 0 unspecified atom stereocenters. The van der Waals surface area contributed by atoms with Crippen LogP contribution in [0.1, 0.15) is 36.8 Å². The minimum absolute atomic E-state index is 0.0224. The van der Waals surface area contributed by atoms with Crippen molar-refractivity contribution in [3.8, 4) is 11.4 Å². The van der Waals surface area contributed by atoms with Gasteiger partial charge in [0.05, 0.1) is 18.7 Å². The van der Waals surface area contributed by atoms with Crippen molar-refractivity contribution in [2.24, 2.45) is 5.92 Å². The molecule has 2 aliphatic rings. The van der Waals surface area contributed by atoms with E-state index in [4.69, 9.17) is 4.98 Å². The molecule has 1 aliphatic carbocycles. The van der Waals surface area contributed by atoms with Gasteiger partial charge >= 0.3 is 5.97 Å². The van der Waals surface area contributed by atoms with Gasteiger partial charge in [-0.2, -0.15) is 0 Å². The van der Waals surface area contributed by atoms with E-state index >= 15 is 0 Å². The van der Waals surface area contributed by atoms with Crippen molar-refractivity contribution in [2.45, 2.75) is 38.8 Å². The van der Waals surface area contributed by atoms with E-state index in [1.807, 2.05) is 16.4 Å². The lowest BCUT2D eigenvalue weighted by Gasteiger charge is -2.27. The van der Waals surface area contributed by atoms with Gasteiger partial charge in [-0.05, 0) is 32.7 Å². The Morgan fingerprint density at radius 2 is 1.97 bits per heavy atom. The largest absolute Gasteiger partial charge is 0.463 e. The third-order valence-electron chi connectivity index (χ3n) is 5.90. The van der Waals surface area contributed by atoms with Crippen LogP contribution in [0.5, 0.6) is 0 Å². The molecule has 1 saturated heterocycles. The standard InChI is InChI=1S/C21H24N8O3/c1-3-28-17(13-8-23-16(24-9-13)21(31)32-2)27-15-18(28)25-11-26-19(15)29(14-6-7-22-10-14)20(30)12-4-5-12/h8-9,11-12,14,22H,3-7,10H2,1-2H3/t14-/m0/s1. The fourth-order valence-electron chi connectivity index (χ4n) is 4.11. The molecule has 0 bridgehead atoms. The highest BCUT2D eigenvalue weighted by molar-refractivity contribution is 6.02. The van der Waals surface area contributed by atoms with Crippen molar-refractivity contribution in [3.05, 3.63) is 24.5 Å². The lowest BCUT2D eigenvalue weighted by Crippen LogP contribution is -2.43. The van der Waals surface area contributed by atoms with Crippen LogP contribution in [0.4, 0.5) is 5.82 Å². The van der Waals surface area contributed by atoms with Gasteiger partial charge in [-0.3, -0.25) is 9.69 Å². The van der Waals surface area contributed by atoms with Crippen LogP contribution < -0.4 is 10.2 Å². The molecule has 32 heavy (non-hydrogen) atoms. The first-order valence-corrected chi connectivity index (χ1v) is 10.8. The molecule has 4 heterocycles. The SMILES string of the molecule is CCn1c(-c2cnc(C(=O)OC)nc2)nc2c(N(C(=O)C3CC3)[C@H]3CCNC3)ncnc21. The van der Waals surface area contributed by atoms with Gasteiger partial charge in [-0.1, -0.05) is 0 Å². The predicted molar refractivity (Wildman–Crippen MR) is 115 cm³/mol. The van der Waals surface area contributed by atoms with Crippen molar-refractivity contribution >= 4 is 28.9 Å². The van der Waals surface area contributed by atoms with Gasteiger partial charge in [0.1, 0.15) is 12.2 Å². The van der Waals surface area contributed by atoms with Crippen molar-refractivity contribution in [3.63, 3.8) is 0 Å². The first-order valence-electron chi connectivity index (χ1n) is 10.8. The van der Waals surface area contributed by atoms with E-state index < -0.39 is 5.97 Å². The maximum Gasteiger partial charge on any atom is 0.376 e. The third-order valence-corrected chi connectivity index (χ3v) is 5.90. The zero-order chi connectivity index (χ0) is 22.2. The van der Waals surface area contributed by atoms with E-state index in [1.54, 1.807) is 0 Å². The van der Waals surface area contributed by atoms with Crippen LogP contribution in [0.25, 0.3) is 22.6 Å². The molecule has 3 aromatic rings. The van der Waals surface area contributed by atoms with Crippen LogP contribution in [-0.2, 0) is 16.1 Å². The fraction of sp³-hybridized carbons (Fsp3) is 0.476. The summed E-state index contributed by atoms with van der Waals surface area (Å²) in [7, 11) is 1.28. The highest BCUT2D eigenvalue weighted by Gasteiger charge is 2.39. The second kappa shape index (κ2) is 8.23. The molecule has 11 nitrogen and oxygen atoms in total. The summed E-state index contributed by atoms with van der Waals surface area (Å²) in [4.78, 5) is 48.7. The van der Waals surface area contributed by atoms with Crippen molar-refractivity contribution in [1.29, 1.82) is 0 Å². The molecular formula is C21H24N8O3. The lowest BCUT2D eigenvalue weighted by molar-refractivity contribution is -0.120. The van der Waals surface area contributed by atoms with E-state index in [2.05, 4.69) is 30.0 Å². The predicted octanol–water partition coefficient (Wildman–Crippen LogP) is 1.19. The molecule has 11 heteroatoms. The van der Waals surface area contributed by atoms with Gasteiger partial charge in [0.25, 0.3) is 0 Å². The van der Waals surface area contributed by atoms with Crippen molar-refractivity contribution < 1.29 is 14.3 Å². The molecule has 1 N–H and O–H groups in total. The maximum atomic E-state index is 13.2. The fourth-order valence-corrected chi connectivity index (χ4v) is 4.11. The number of nitrogens with zero attached hydrogens (tertiary/aromatic N) is 7. The number of fused-ring (bicyclic) bond motifs is 1. The van der Waals surface area contributed by atoms with Crippen molar-refractivity contribution in [2.75, 3.05) is 25.1 Å². The number of carbonyl (C=O) groups excluding carboxylic acids is 2. The number of methoxy groups -OCH3 is 1. The number of amides is 1. The topological polar surface area (TPSA) is 128 Å². The number of aromatic nitrogens is 6. The molecule has 5 rings (SSSR count). The van der Waals surface area contributed by atoms with E-state index in [-0.39, 0.29) is 23.7 Å². The monoisotopic (exact) mass is 436 g/mol. The van der Waals surface area contributed by atoms with Crippen LogP contribution in [0.2, 0.25) is 0 Å². The van der Waals surface area contributed by atoms with Crippen LogP contribution >= 0.6 is 0 Å². The Bertz CT molecular complexity index is 1170. The molecule has 0 radical (unpaired) electrons. The highest BCUT2D eigenvalue weighted by Crippen LogP contribution is 2.36. The van der Waals surface area contributed by atoms with Gasteiger partial charge in [-0.15, -0.1) is 0 Å². The number of aryl methyl sites for hydroxylation is 1. The molecule has 1 amide bonds. The second-order valence-corrected chi connectivity index (χ2v) is 7.97. The number of ether oxygens (including phenoxy) is 1. The summed E-state index contributed by atoms with van der Waals surface area (Å²) in [5, 5.41) is 3.34. The van der Waals surface area contributed by atoms with Gasteiger partial charge in [0.15, 0.2) is 17.0 Å². The summed E-state index contributed by atoms with van der Waals surface area (Å²) in [6, 6.07) is 0.0408. The van der Waals surface area contributed by atoms with E-state index in [9.17, 15) is 9.59 Å². The smallest absolute Gasteiger partial charge is 0.376 e. The Balaban J connectivity index is 1.62. The number of carbonyl (C=O) groups is 2. The number of esters is 1. The lowest BCUT2D eigenvalue weighted by atomic mass is 10.2. The summed E-state index contributed by atoms with van der Waals surface area (Å²) >= 11 is 0. The normalized spacial score (nSPS) is 18.1. The van der Waals surface area contributed by atoms with Crippen LogP contribution in [0.3, 0.4) is 0 Å². The number of rotatable bonds is 6. The summed E-state index contributed by atoms with van der Waals surface area (Å²) in [6.45, 7) is 4.19. The molecule has 2 fully saturated rings. The Hall–Kier alpha value is -3.47. The van der Waals surface area contributed by atoms with Crippen LogP contribution in [0.15, 0.2) is 18.7 Å². The number of hydrogen-bond donors (Lipinski definition) is 1. The van der Waals surface area contributed by atoms with E-state index in [1.165, 1.54) is 25.8 Å². The molecule has 166 valence electrons. The van der Waals surface area contributed by atoms with E-state index in [0.29, 0.717) is 34.9 Å². The summed E-state index contributed by atoms with van der Waals surface area (Å²) in [5.74, 6) is 0.689. The average Bonchev–Trinajstić information content (AvgIpc) is 3.41. The molecule has 1 aliphatic heterocycles. The molecule has 1 atom stereocenters. The number of nitrogens with one attached hydrogen (secondary N) is 1. The maximum absolute atomic E-state index is 13.2. The molecule has 1 saturated carbocycles. The zero-order valence-corrected chi connectivity index (χ0v) is 18.0. The minimum Gasteiger partial charge on any atom is -0.463 e. The third kappa shape index (κ3) is 3.48. The Morgan fingerprint density at radius 3 is 2.59 bits per heavy atom. The Kier molecular flexibility index (Phi) is 5.25. The van der Waals surface area contributed by atoms with Gasteiger partial charge < -0.3 is 14.6 Å². The number of anilines is 1. The zero-order valence-electron chi connectivity index (χ0n) is 18.0. The van der Waals surface area contributed by atoms with Crippen molar-refractivity contribution in [1.82, 2.24) is 34.8 Å². The average molecular weight is 436 g/mol.